The number of nitrogens with one attached hydrogen (secondary N) is 4. The van der Waals surface area contributed by atoms with Crippen LogP contribution in [0.1, 0.15) is 59.8 Å². The molecule has 0 aliphatic carbocycles. The number of hydrogen-bond acceptors (Lipinski definition) is 7. The number of rotatable bonds is 15. The number of guanidine groups is 1. The molecule has 1 fully saturated rings. The van der Waals surface area contributed by atoms with Crippen LogP contribution in [-0.4, -0.2) is 95.9 Å². The lowest BCUT2D eigenvalue weighted by Crippen LogP contribution is -2.60. The lowest BCUT2D eigenvalue weighted by Gasteiger charge is -2.31. The summed E-state index contributed by atoms with van der Waals surface area (Å²) in [5, 5.41) is 19.9. The van der Waals surface area contributed by atoms with Gasteiger partial charge in [-0.15, -0.1) is 0 Å². The molecule has 14 nitrogen and oxygen atoms in total. The first-order valence-corrected chi connectivity index (χ1v) is 13.1. The highest BCUT2D eigenvalue weighted by Crippen LogP contribution is 2.20. The van der Waals surface area contributed by atoms with Gasteiger partial charge in [-0.1, -0.05) is 20.3 Å². The Balaban J connectivity index is 3.14. The van der Waals surface area contributed by atoms with E-state index in [-0.39, 0.29) is 30.8 Å². The molecule has 0 spiro atoms. The summed E-state index contributed by atoms with van der Waals surface area (Å²) < 4.78 is 0. The van der Waals surface area contributed by atoms with Gasteiger partial charge in [0, 0.05) is 26.6 Å². The van der Waals surface area contributed by atoms with Crippen molar-refractivity contribution in [1.82, 2.24) is 26.2 Å². The van der Waals surface area contributed by atoms with Crippen molar-refractivity contribution in [1.29, 1.82) is 0 Å². The van der Waals surface area contributed by atoms with Crippen LogP contribution in [-0.2, 0) is 24.0 Å². The van der Waals surface area contributed by atoms with E-state index in [1.165, 1.54) is 11.8 Å². The number of nitrogens with zero attached hydrogens (tertiary/aromatic N) is 2. The molecule has 216 valence electrons. The summed E-state index contributed by atoms with van der Waals surface area (Å²) in [5.74, 6) is -2.91. The maximum atomic E-state index is 13.6. The van der Waals surface area contributed by atoms with E-state index < -0.39 is 54.4 Å². The van der Waals surface area contributed by atoms with E-state index in [4.69, 9.17) is 11.5 Å². The summed E-state index contributed by atoms with van der Waals surface area (Å²) in [4.78, 5) is 69.0. The number of likely N-dealkylation sites (tertiary alicyclic amines) is 1. The molecule has 0 unspecified atom stereocenters. The van der Waals surface area contributed by atoms with Crippen LogP contribution in [0.25, 0.3) is 0 Å². The lowest BCUT2D eigenvalue weighted by atomic mass is 9.97. The maximum Gasteiger partial charge on any atom is 0.245 e. The van der Waals surface area contributed by atoms with Gasteiger partial charge in [-0.25, -0.2) is 0 Å². The van der Waals surface area contributed by atoms with Crippen molar-refractivity contribution in [2.45, 2.75) is 84.0 Å². The summed E-state index contributed by atoms with van der Waals surface area (Å²) in [5.41, 5.74) is 10.8. The van der Waals surface area contributed by atoms with E-state index in [0.717, 1.165) is 0 Å². The Morgan fingerprint density at radius 2 is 1.74 bits per heavy atom. The van der Waals surface area contributed by atoms with Crippen LogP contribution >= 0.6 is 0 Å². The van der Waals surface area contributed by atoms with Crippen LogP contribution in [0.4, 0.5) is 0 Å². The molecule has 0 saturated carbocycles. The predicted molar refractivity (Wildman–Crippen MR) is 141 cm³/mol. The maximum absolute atomic E-state index is 13.6. The molecular formula is C24H44N8O6. The Kier molecular flexibility index (Phi) is 14.1. The van der Waals surface area contributed by atoms with Crippen molar-refractivity contribution < 1.29 is 29.1 Å². The van der Waals surface area contributed by atoms with E-state index in [1.807, 2.05) is 6.92 Å². The number of aliphatic hydroxyl groups is 1. The molecule has 9 N–H and O–H groups in total. The summed E-state index contributed by atoms with van der Waals surface area (Å²) >= 11 is 0. The minimum absolute atomic E-state index is 0.0927. The van der Waals surface area contributed by atoms with Crippen LogP contribution in [0, 0.1) is 5.92 Å². The Morgan fingerprint density at radius 1 is 1.05 bits per heavy atom. The van der Waals surface area contributed by atoms with Gasteiger partial charge in [0.25, 0.3) is 0 Å². The number of carbonyl (C=O) groups excluding carboxylic acids is 5. The molecular weight excluding hydrogens is 496 g/mol. The van der Waals surface area contributed by atoms with Crippen LogP contribution in [0.3, 0.4) is 0 Å². The Hall–Kier alpha value is -3.42. The first-order valence-electron chi connectivity index (χ1n) is 13.1. The molecule has 0 bridgehead atoms. The van der Waals surface area contributed by atoms with Gasteiger partial charge in [-0.05, 0) is 38.5 Å². The number of hydrogen-bond donors (Lipinski definition) is 7. The van der Waals surface area contributed by atoms with E-state index in [1.54, 1.807) is 13.8 Å². The van der Waals surface area contributed by atoms with Crippen molar-refractivity contribution >= 4 is 35.5 Å². The summed E-state index contributed by atoms with van der Waals surface area (Å²) in [6.07, 6.45) is 2.27. The minimum atomic E-state index is -1.23. The second-order valence-corrected chi connectivity index (χ2v) is 9.40. The largest absolute Gasteiger partial charge is 0.394 e. The van der Waals surface area contributed by atoms with E-state index >= 15 is 0 Å². The number of aliphatic hydroxyl groups excluding tert-OH is 1. The van der Waals surface area contributed by atoms with E-state index in [9.17, 15) is 29.1 Å². The first kappa shape index (κ1) is 32.6. The number of carbonyl (C=O) groups is 5. The third-order valence-electron chi connectivity index (χ3n) is 6.42. The van der Waals surface area contributed by atoms with Crippen molar-refractivity contribution in [3.63, 3.8) is 0 Å². The quantitative estimate of drug-likeness (QED) is 0.0677. The molecule has 1 rings (SSSR count). The molecule has 14 heteroatoms. The third-order valence-corrected chi connectivity index (χ3v) is 6.42. The second kappa shape index (κ2) is 16.4. The molecule has 1 saturated heterocycles. The zero-order valence-electron chi connectivity index (χ0n) is 22.8. The molecule has 0 aromatic carbocycles. The lowest BCUT2D eigenvalue weighted by molar-refractivity contribution is -0.142. The molecule has 5 atom stereocenters. The van der Waals surface area contributed by atoms with Gasteiger partial charge in [-0.3, -0.25) is 29.0 Å². The number of aliphatic imine (C=N–C) groups is 1. The van der Waals surface area contributed by atoms with Crippen molar-refractivity contribution in [2.75, 3.05) is 26.2 Å². The van der Waals surface area contributed by atoms with Gasteiger partial charge < -0.3 is 42.7 Å². The highest BCUT2D eigenvalue weighted by molar-refractivity contribution is 5.95. The van der Waals surface area contributed by atoms with Crippen molar-refractivity contribution in [2.24, 2.45) is 22.4 Å². The summed E-state index contributed by atoms with van der Waals surface area (Å²) in [6, 6.07) is -3.89. The number of nitrogens with two attached hydrogens (primary N) is 2. The molecule has 38 heavy (non-hydrogen) atoms. The highest BCUT2D eigenvalue weighted by Gasteiger charge is 2.38. The van der Waals surface area contributed by atoms with Gasteiger partial charge >= 0.3 is 0 Å². The van der Waals surface area contributed by atoms with E-state index in [2.05, 4.69) is 26.3 Å². The minimum Gasteiger partial charge on any atom is -0.394 e. The van der Waals surface area contributed by atoms with Crippen LogP contribution in [0.5, 0.6) is 0 Å². The smallest absolute Gasteiger partial charge is 0.245 e. The zero-order valence-corrected chi connectivity index (χ0v) is 22.8. The number of likely N-dealkylation sites (N-methyl/N-ethyl adjacent to an activating group) is 1. The Labute approximate surface area is 223 Å². The van der Waals surface area contributed by atoms with Crippen LogP contribution < -0.4 is 32.7 Å². The van der Waals surface area contributed by atoms with Crippen molar-refractivity contribution in [3.05, 3.63) is 0 Å². The van der Waals surface area contributed by atoms with Gasteiger partial charge in [0.05, 0.1) is 6.61 Å². The standard InChI is InChI=1S/C24H44N8O6/c1-5-14(3)19(31-20(35)17(13-33)29-15(4)34)22(37)30-16(9-7-11-28-24(25)26)23(38)32-12-8-10-18(32)21(36)27-6-2/h14,16-19,33H,5-13H2,1-4H3,(H,27,36)(H,29,34)(H,30,37)(H,31,35)(H4,25,26,28)/t14-,16-,17-,18-,19-/m0/s1. The SMILES string of the molecule is CCNC(=O)[C@@H]1CCCN1C(=O)[C@H](CCCN=C(N)N)NC(=O)[C@@H](NC(=O)[C@H](CO)NC(C)=O)[C@@H](C)CC. The van der Waals surface area contributed by atoms with Crippen LogP contribution in [0.15, 0.2) is 4.99 Å². The topological polar surface area (TPSA) is 221 Å². The van der Waals surface area contributed by atoms with Crippen molar-refractivity contribution in [3.8, 4) is 0 Å². The summed E-state index contributed by atoms with van der Waals surface area (Å²) in [6.45, 7) is 7.00. The fourth-order valence-corrected chi connectivity index (χ4v) is 4.21. The predicted octanol–water partition coefficient (Wildman–Crippen LogP) is -2.32. The Bertz CT molecular complexity index is 863. The Morgan fingerprint density at radius 3 is 2.29 bits per heavy atom. The zero-order chi connectivity index (χ0) is 28.8. The third kappa shape index (κ3) is 10.1. The van der Waals surface area contributed by atoms with Gasteiger partial charge in [-0.2, -0.15) is 0 Å². The first-order chi connectivity index (χ1) is 18.0. The highest BCUT2D eigenvalue weighted by atomic mass is 16.3. The van der Waals surface area contributed by atoms with Gasteiger partial charge in [0.2, 0.25) is 29.5 Å². The normalized spacial score (nSPS) is 17.9. The van der Waals surface area contributed by atoms with E-state index in [0.29, 0.717) is 38.8 Å². The molecule has 0 aromatic rings. The van der Waals surface area contributed by atoms with Gasteiger partial charge in [0.15, 0.2) is 5.96 Å². The molecule has 1 heterocycles. The fourth-order valence-electron chi connectivity index (χ4n) is 4.21. The summed E-state index contributed by atoms with van der Waals surface area (Å²) in [7, 11) is 0. The second-order valence-electron chi connectivity index (χ2n) is 9.40. The molecule has 5 amide bonds. The molecule has 1 aliphatic heterocycles. The molecule has 0 aromatic heterocycles. The molecule has 1 aliphatic rings. The monoisotopic (exact) mass is 540 g/mol. The number of amides is 5. The molecule has 0 radical (unpaired) electrons. The average Bonchev–Trinajstić information content (AvgIpc) is 3.36. The fraction of sp³-hybridized carbons (Fsp3) is 0.750. The average molecular weight is 541 g/mol. The van der Waals surface area contributed by atoms with Gasteiger partial charge in [0.1, 0.15) is 24.2 Å². The van der Waals surface area contributed by atoms with Crippen LogP contribution in [0.2, 0.25) is 0 Å².